The summed E-state index contributed by atoms with van der Waals surface area (Å²) in [7, 11) is 0. The Hall–Kier alpha value is -4.25. The van der Waals surface area contributed by atoms with E-state index in [0.29, 0.717) is 21.7 Å². The van der Waals surface area contributed by atoms with Gasteiger partial charge in [-0.15, -0.1) is 10.2 Å². The summed E-state index contributed by atoms with van der Waals surface area (Å²) in [4.78, 5) is 48.2. The summed E-state index contributed by atoms with van der Waals surface area (Å²) in [5.74, 6) is -1.26. The van der Waals surface area contributed by atoms with Crippen molar-refractivity contribution in [2.75, 3.05) is 5.32 Å². The molecule has 0 fully saturated rings. The Bertz CT molecular complexity index is 1200. The second-order valence-electron chi connectivity index (χ2n) is 6.41. The second kappa shape index (κ2) is 8.24. The van der Waals surface area contributed by atoms with Gasteiger partial charge in [0.1, 0.15) is 5.01 Å². The largest absolute Gasteiger partial charge is 0.297 e. The maximum Gasteiger partial charge on any atom is 0.269 e. The van der Waals surface area contributed by atoms with Crippen LogP contribution in [-0.4, -0.2) is 37.7 Å². The molecule has 0 saturated heterocycles. The summed E-state index contributed by atoms with van der Waals surface area (Å²) in [6.07, 6.45) is 2.76. The van der Waals surface area contributed by atoms with E-state index in [-0.39, 0.29) is 17.4 Å². The molecular formula is C20H13N5O5S. The number of non-ortho nitro benzene ring substituents is 1. The van der Waals surface area contributed by atoms with Crippen LogP contribution >= 0.6 is 11.3 Å². The van der Waals surface area contributed by atoms with Crippen LogP contribution in [0.1, 0.15) is 31.3 Å². The third kappa shape index (κ3) is 4.21. The molecule has 1 aromatic heterocycles. The number of amides is 3. The molecule has 0 radical (unpaired) electrons. The average molecular weight is 435 g/mol. The lowest BCUT2D eigenvalue weighted by atomic mass is 10.1. The number of nitro groups is 1. The van der Waals surface area contributed by atoms with Crippen molar-refractivity contribution in [3.05, 3.63) is 86.4 Å². The number of nitrogens with zero attached hydrogens (tertiary/aromatic N) is 4. The van der Waals surface area contributed by atoms with Crippen LogP contribution in [0.2, 0.25) is 0 Å². The van der Waals surface area contributed by atoms with Gasteiger partial charge in [-0.25, -0.2) is 0 Å². The highest BCUT2D eigenvalue weighted by Gasteiger charge is 2.35. The molecule has 31 heavy (non-hydrogen) atoms. The molecule has 10 nitrogen and oxygen atoms in total. The Morgan fingerprint density at radius 1 is 1.06 bits per heavy atom. The molecule has 0 atom stereocenters. The Kier molecular flexibility index (Phi) is 5.33. The fraction of sp³-hybridized carbons (Fsp3) is 0.0500. The zero-order chi connectivity index (χ0) is 22.0. The van der Waals surface area contributed by atoms with Gasteiger partial charge in [0.2, 0.25) is 11.0 Å². The molecule has 3 aromatic rings. The highest BCUT2D eigenvalue weighted by atomic mass is 32.1. The Morgan fingerprint density at radius 3 is 2.32 bits per heavy atom. The van der Waals surface area contributed by atoms with Gasteiger partial charge >= 0.3 is 0 Å². The molecule has 0 saturated carbocycles. The fourth-order valence-electron chi connectivity index (χ4n) is 2.91. The molecule has 0 bridgehead atoms. The van der Waals surface area contributed by atoms with Gasteiger partial charge in [-0.05, 0) is 35.9 Å². The van der Waals surface area contributed by atoms with Crippen LogP contribution in [-0.2, 0) is 11.3 Å². The smallest absolute Gasteiger partial charge is 0.269 e. The van der Waals surface area contributed by atoms with E-state index in [1.165, 1.54) is 36.4 Å². The number of anilines is 1. The van der Waals surface area contributed by atoms with E-state index in [9.17, 15) is 24.5 Å². The molecule has 0 unspecified atom stereocenters. The van der Waals surface area contributed by atoms with Gasteiger partial charge in [0.25, 0.3) is 17.5 Å². The van der Waals surface area contributed by atoms with E-state index in [4.69, 9.17) is 0 Å². The van der Waals surface area contributed by atoms with Crippen LogP contribution in [0.5, 0.6) is 0 Å². The lowest BCUT2D eigenvalue weighted by molar-refractivity contribution is -0.384. The van der Waals surface area contributed by atoms with Crippen molar-refractivity contribution >= 4 is 46.0 Å². The first-order valence-electron chi connectivity index (χ1n) is 8.93. The third-order valence-electron chi connectivity index (χ3n) is 4.40. The van der Waals surface area contributed by atoms with E-state index < -0.39 is 22.6 Å². The molecule has 3 amide bonds. The van der Waals surface area contributed by atoms with Gasteiger partial charge in [-0.1, -0.05) is 23.5 Å². The van der Waals surface area contributed by atoms with Crippen LogP contribution < -0.4 is 5.32 Å². The number of rotatable bonds is 6. The van der Waals surface area contributed by atoms with E-state index in [0.717, 1.165) is 16.2 Å². The summed E-state index contributed by atoms with van der Waals surface area (Å²) in [5, 5.41) is 21.6. The Balaban J connectivity index is 1.37. The van der Waals surface area contributed by atoms with Crippen molar-refractivity contribution in [2.45, 2.75) is 6.54 Å². The highest BCUT2D eigenvalue weighted by molar-refractivity contribution is 7.15. The van der Waals surface area contributed by atoms with Gasteiger partial charge in [-0.2, -0.15) is 0 Å². The Labute approximate surface area is 179 Å². The molecule has 1 N–H and O–H groups in total. The van der Waals surface area contributed by atoms with Crippen molar-refractivity contribution in [1.29, 1.82) is 0 Å². The van der Waals surface area contributed by atoms with Crippen LogP contribution in [0.15, 0.2) is 54.6 Å². The number of carbonyl (C=O) groups excluding carboxylic acids is 3. The maximum absolute atomic E-state index is 12.4. The maximum atomic E-state index is 12.4. The number of carbonyl (C=O) groups is 3. The molecule has 0 spiro atoms. The third-order valence-corrected chi connectivity index (χ3v) is 5.22. The van der Waals surface area contributed by atoms with Gasteiger partial charge in [0.15, 0.2) is 0 Å². The SMILES string of the molecule is O=C(/C=C/c1ccc([N+](=O)[O-])cc1)Nc1nnc(CN2C(=O)c3ccccc3C2=O)s1. The van der Waals surface area contributed by atoms with E-state index >= 15 is 0 Å². The van der Waals surface area contributed by atoms with Gasteiger partial charge in [-0.3, -0.25) is 34.7 Å². The molecule has 11 heteroatoms. The monoisotopic (exact) mass is 435 g/mol. The number of nitro benzene ring substituents is 1. The number of fused-ring (bicyclic) bond motifs is 1. The van der Waals surface area contributed by atoms with Gasteiger partial charge < -0.3 is 0 Å². The summed E-state index contributed by atoms with van der Waals surface area (Å²) < 4.78 is 0. The number of benzene rings is 2. The predicted molar refractivity (Wildman–Crippen MR) is 111 cm³/mol. The standard InChI is InChI=1S/C20H13N5O5S/c26-16(10-7-12-5-8-13(9-6-12)25(29)30)21-20-23-22-17(31-20)11-24-18(27)14-3-1-2-4-15(14)19(24)28/h1-10H,11H2,(H,21,23,26)/b10-7+. The topological polar surface area (TPSA) is 135 Å². The van der Waals surface area contributed by atoms with E-state index in [2.05, 4.69) is 15.5 Å². The second-order valence-corrected chi connectivity index (χ2v) is 7.48. The quantitative estimate of drug-likeness (QED) is 0.272. The molecule has 4 rings (SSSR count). The van der Waals surface area contributed by atoms with Crippen molar-refractivity contribution < 1.29 is 19.3 Å². The van der Waals surface area contributed by atoms with Gasteiger partial charge in [0.05, 0.1) is 22.6 Å². The summed E-state index contributed by atoms with van der Waals surface area (Å²) in [6, 6.07) is 12.3. The van der Waals surface area contributed by atoms with E-state index in [1.807, 2.05) is 0 Å². The lowest BCUT2D eigenvalue weighted by Gasteiger charge is -2.10. The average Bonchev–Trinajstić information content (AvgIpc) is 3.31. The zero-order valence-electron chi connectivity index (χ0n) is 15.7. The van der Waals surface area contributed by atoms with Crippen LogP contribution in [0, 0.1) is 10.1 Å². The first kappa shape index (κ1) is 20.0. The first-order valence-corrected chi connectivity index (χ1v) is 9.75. The number of imide groups is 1. The minimum Gasteiger partial charge on any atom is -0.297 e. The van der Waals surface area contributed by atoms with Crippen LogP contribution in [0.4, 0.5) is 10.8 Å². The number of hydrogen-bond acceptors (Lipinski definition) is 8. The molecule has 2 aromatic carbocycles. The van der Waals surface area contributed by atoms with Crippen molar-refractivity contribution in [2.24, 2.45) is 0 Å². The van der Waals surface area contributed by atoms with Crippen molar-refractivity contribution in [3.8, 4) is 0 Å². The van der Waals surface area contributed by atoms with E-state index in [1.54, 1.807) is 24.3 Å². The molecule has 154 valence electrons. The zero-order valence-corrected chi connectivity index (χ0v) is 16.5. The number of aromatic nitrogens is 2. The minimum atomic E-state index is -0.505. The molecule has 0 aliphatic carbocycles. The number of nitrogens with one attached hydrogen (secondary N) is 1. The lowest BCUT2D eigenvalue weighted by Crippen LogP contribution is -2.29. The molecule has 2 heterocycles. The number of hydrogen-bond donors (Lipinski definition) is 1. The molecular weight excluding hydrogens is 422 g/mol. The molecule has 1 aliphatic rings. The van der Waals surface area contributed by atoms with Crippen LogP contribution in [0.25, 0.3) is 6.08 Å². The normalized spacial score (nSPS) is 13.0. The van der Waals surface area contributed by atoms with Crippen LogP contribution in [0.3, 0.4) is 0 Å². The van der Waals surface area contributed by atoms with Crippen molar-refractivity contribution in [1.82, 2.24) is 15.1 Å². The van der Waals surface area contributed by atoms with Gasteiger partial charge in [0, 0.05) is 18.2 Å². The summed E-state index contributed by atoms with van der Waals surface area (Å²) in [6.45, 7) is -0.0431. The highest BCUT2D eigenvalue weighted by Crippen LogP contribution is 2.26. The fourth-order valence-corrected chi connectivity index (χ4v) is 3.64. The minimum absolute atomic E-state index is 0.0407. The molecule has 1 aliphatic heterocycles. The van der Waals surface area contributed by atoms with Crippen molar-refractivity contribution in [3.63, 3.8) is 0 Å². The summed E-state index contributed by atoms with van der Waals surface area (Å²) >= 11 is 1.05. The Morgan fingerprint density at radius 2 is 1.71 bits per heavy atom. The first-order chi connectivity index (χ1) is 14.9. The predicted octanol–water partition coefficient (Wildman–Crippen LogP) is 2.89. The summed E-state index contributed by atoms with van der Waals surface area (Å²) in [5.41, 5.74) is 1.27.